The predicted molar refractivity (Wildman–Crippen MR) is 72.7 cm³/mol. The van der Waals surface area contributed by atoms with Gasteiger partial charge in [-0.2, -0.15) is 0 Å². The molecular formula is C12H16N2O3S. The average Bonchev–Trinajstić information content (AvgIpc) is 2.32. The van der Waals surface area contributed by atoms with E-state index in [0.29, 0.717) is 0 Å². The highest BCUT2D eigenvalue weighted by Crippen LogP contribution is 2.13. The van der Waals surface area contributed by atoms with Gasteiger partial charge in [0.1, 0.15) is 6.04 Å². The lowest BCUT2D eigenvalue weighted by molar-refractivity contribution is -0.137. The van der Waals surface area contributed by atoms with Crippen LogP contribution in [0.4, 0.5) is 5.69 Å². The van der Waals surface area contributed by atoms with Gasteiger partial charge in [0.25, 0.3) is 0 Å². The summed E-state index contributed by atoms with van der Waals surface area (Å²) in [6.07, 6.45) is 0. The van der Waals surface area contributed by atoms with Crippen LogP contribution in [0.5, 0.6) is 0 Å². The standard InChI is InChI=1S/C12H16N2O3S/c1-8-4-2-3-5-10(8)14-11(15)7-18-6-9(13)12(16)17/h2-5,9H,6-7,13H2,1H3,(H,14,15)(H,16,17)/t9-/m1/s1. The number of thioether (sulfide) groups is 1. The quantitative estimate of drug-likeness (QED) is 0.718. The minimum Gasteiger partial charge on any atom is -0.480 e. The van der Waals surface area contributed by atoms with Gasteiger partial charge in [-0.25, -0.2) is 0 Å². The molecular weight excluding hydrogens is 252 g/mol. The molecule has 0 aliphatic heterocycles. The van der Waals surface area contributed by atoms with Gasteiger partial charge in [0.15, 0.2) is 0 Å². The zero-order valence-electron chi connectivity index (χ0n) is 10.1. The van der Waals surface area contributed by atoms with Crippen LogP contribution in [0.1, 0.15) is 5.56 Å². The Morgan fingerprint density at radius 1 is 1.44 bits per heavy atom. The molecule has 1 amide bonds. The smallest absolute Gasteiger partial charge is 0.321 e. The third-order valence-electron chi connectivity index (χ3n) is 2.27. The minimum absolute atomic E-state index is 0.160. The largest absolute Gasteiger partial charge is 0.480 e. The van der Waals surface area contributed by atoms with Gasteiger partial charge >= 0.3 is 5.97 Å². The summed E-state index contributed by atoms with van der Waals surface area (Å²) in [4.78, 5) is 22.1. The summed E-state index contributed by atoms with van der Waals surface area (Å²) in [6.45, 7) is 1.91. The van der Waals surface area contributed by atoms with Crippen molar-refractivity contribution >= 4 is 29.3 Å². The van der Waals surface area contributed by atoms with E-state index in [4.69, 9.17) is 10.8 Å². The molecule has 0 aliphatic carbocycles. The van der Waals surface area contributed by atoms with Crippen molar-refractivity contribution in [1.29, 1.82) is 0 Å². The van der Waals surface area contributed by atoms with Crippen molar-refractivity contribution in [2.75, 3.05) is 16.8 Å². The second-order valence-corrected chi connectivity index (χ2v) is 4.85. The molecule has 1 aromatic rings. The summed E-state index contributed by atoms with van der Waals surface area (Å²) in [5.41, 5.74) is 7.08. The maximum atomic E-state index is 11.6. The second-order valence-electron chi connectivity index (χ2n) is 3.82. The zero-order chi connectivity index (χ0) is 13.5. The third kappa shape index (κ3) is 4.77. The number of nitrogens with one attached hydrogen (secondary N) is 1. The molecule has 0 heterocycles. The number of anilines is 1. The van der Waals surface area contributed by atoms with E-state index in [1.54, 1.807) is 0 Å². The molecule has 0 unspecified atom stereocenters. The number of nitrogens with two attached hydrogens (primary N) is 1. The fraction of sp³-hybridized carbons (Fsp3) is 0.333. The molecule has 0 fully saturated rings. The van der Waals surface area contributed by atoms with Crippen molar-refractivity contribution in [2.24, 2.45) is 5.73 Å². The molecule has 6 heteroatoms. The van der Waals surface area contributed by atoms with Gasteiger partial charge in [-0.1, -0.05) is 18.2 Å². The number of carboxylic acid groups (broad SMARTS) is 1. The van der Waals surface area contributed by atoms with Crippen molar-refractivity contribution in [3.05, 3.63) is 29.8 Å². The number of carboxylic acids is 1. The fourth-order valence-electron chi connectivity index (χ4n) is 1.25. The molecule has 0 bridgehead atoms. The number of carbonyl (C=O) groups is 2. The Balaban J connectivity index is 2.35. The SMILES string of the molecule is Cc1ccccc1NC(=O)CSC[C@@H](N)C(=O)O. The number of rotatable bonds is 6. The number of hydrogen-bond donors (Lipinski definition) is 3. The lowest BCUT2D eigenvalue weighted by Crippen LogP contribution is -2.33. The van der Waals surface area contributed by atoms with Gasteiger partial charge < -0.3 is 16.2 Å². The summed E-state index contributed by atoms with van der Waals surface area (Å²) in [6, 6.07) is 6.53. The first-order chi connectivity index (χ1) is 8.50. The van der Waals surface area contributed by atoms with E-state index in [1.165, 1.54) is 11.8 Å². The maximum absolute atomic E-state index is 11.6. The number of aliphatic carboxylic acids is 1. The molecule has 0 aliphatic rings. The number of hydrogen-bond acceptors (Lipinski definition) is 4. The highest BCUT2D eigenvalue weighted by atomic mass is 32.2. The summed E-state index contributed by atoms with van der Waals surface area (Å²) in [7, 11) is 0. The molecule has 0 radical (unpaired) electrons. The van der Waals surface area contributed by atoms with Gasteiger partial charge in [-0.3, -0.25) is 9.59 Å². The van der Waals surface area contributed by atoms with Crippen molar-refractivity contribution in [3.63, 3.8) is 0 Å². The van der Waals surface area contributed by atoms with Crippen LogP contribution < -0.4 is 11.1 Å². The van der Waals surface area contributed by atoms with Crippen LogP contribution in [0.25, 0.3) is 0 Å². The molecule has 1 aromatic carbocycles. The lowest BCUT2D eigenvalue weighted by Gasteiger charge is -2.08. The van der Waals surface area contributed by atoms with E-state index in [1.807, 2.05) is 31.2 Å². The van der Waals surface area contributed by atoms with Crippen molar-refractivity contribution in [3.8, 4) is 0 Å². The van der Waals surface area contributed by atoms with Gasteiger partial charge in [0, 0.05) is 11.4 Å². The van der Waals surface area contributed by atoms with Gasteiger partial charge in [-0.05, 0) is 18.6 Å². The van der Waals surface area contributed by atoms with Crippen LogP contribution in [0, 0.1) is 6.92 Å². The summed E-state index contributed by atoms with van der Waals surface area (Å²) in [5, 5.41) is 11.3. The molecule has 98 valence electrons. The Hall–Kier alpha value is -1.53. The van der Waals surface area contributed by atoms with E-state index >= 15 is 0 Å². The Bertz CT molecular complexity index is 437. The van der Waals surface area contributed by atoms with Crippen LogP contribution in [0.2, 0.25) is 0 Å². The minimum atomic E-state index is -1.05. The molecule has 18 heavy (non-hydrogen) atoms. The molecule has 4 N–H and O–H groups in total. The van der Waals surface area contributed by atoms with E-state index in [0.717, 1.165) is 11.3 Å². The molecule has 0 spiro atoms. The third-order valence-corrected chi connectivity index (χ3v) is 3.33. The predicted octanol–water partition coefficient (Wildman–Crippen LogP) is 1.08. The molecule has 1 rings (SSSR count). The molecule has 0 saturated heterocycles. The Morgan fingerprint density at radius 3 is 2.72 bits per heavy atom. The number of para-hydroxylation sites is 1. The monoisotopic (exact) mass is 268 g/mol. The van der Waals surface area contributed by atoms with Gasteiger partial charge in [0.05, 0.1) is 5.75 Å². The Labute approximate surface area is 110 Å². The molecule has 5 nitrogen and oxygen atoms in total. The second kappa shape index (κ2) is 7.03. The van der Waals surface area contributed by atoms with Crippen LogP contribution in [-0.2, 0) is 9.59 Å². The van der Waals surface area contributed by atoms with E-state index in [9.17, 15) is 9.59 Å². The van der Waals surface area contributed by atoms with Crippen LogP contribution in [-0.4, -0.2) is 34.5 Å². The van der Waals surface area contributed by atoms with Gasteiger partial charge in [-0.15, -0.1) is 11.8 Å². The highest BCUT2D eigenvalue weighted by Gasteiger charge is 2.12. The maximum Gasteiger partial charge on any atom is 0.321 e. The number of amides is 1. The van der Waals surface area contributed by atoms with Crippen LogP contribution >= 0.6 is 11.8 Å². The normalized spacial score (nSPS) is 11.9. The number of carbonyl (C=O) groups excluding carboxylic acids is 1. The summed E-state index contributed by atoms with van der Waals surface area (Å²) < 4.78 is 0. The first-order valence-corrected chi connectivity index (χ1v) is 6.58. The van der Waals surface area contributed by atoms with Crippen molar-refractivity contribution in [2.45, 2.75) is 13.0 Å². The number of aryl methyl sites for hydroxylation is 1. The summed E-state index contributed by atoms with van der Waals surface area (Å²) in [5.74, 6) is -0.806. The van der Waals surface area contributed by atoms with E-state index in [-0.39, 0.29) is 17.4 Å². The number of benzene rings is 1. The topological polar surface area (TPSA) is 92.4 Å². The average molecular weight is 268 g/mol. The molecule has 0 saturated carbocycles. The zero-order valence-corrected chi connectivity index (χ0v) is 10.9. The Kier molecular flexibility index (Phi) is 5.67. The first kappa shape index (κ1) is 14.5. The lowest BCUT2D eigenvalue weighted by atomic mass is 10.2. The highest BCUT2D eigenvalue weighted by molar-refractivity contribution is 8.00. The van der Waals surface area contributed by atoms with Crippen molar-refractivity contribution in [1.82, 2.24) is 0 Å². The van der Waals surface area contributed by atoms with E-state index in [2.05, 4.69) is 5.32 Å². The van der Waals surface area contributed by atoms with Crippen molar-refractivity contribution < 1.29 is 14.7 Å². The first-order valence-electron chi connectivity index (χ1n) is 5.42. The molecule has 0 aromatic heterocycles. The van der Waals surface area contributed by atoms with Gasteiger partial charge in [0.2, 0.25) is 5.91 Å². The summed E-state index contributed by atoms with van der Waals surface area (Å²) >= 11 is 1.21. The fourth-order valence-corrected chi connectivity index (χ4v) is 2.02. The van der Waals surface area contributed by atoms with Crippen LogP contribution in [0.15, 0.2) is 24.3 Å². The van der Waals surface area contributed by atoms with E-state index < -0.39 is 12.0 Å². The molecule has 1 atom stereocenters. The van der Waals surface area contributed by atoms with Crippen LogP contribution in [0.3, 0.4) is 0 Å². The Morgan fingerprint density at radius 2 is 2.11 bits per heavy atom.